The van der Waals surface area contributed by atoms with E-state index < -0.39 is 0 Å². The third-order valence-corrected chi connectivity index (χ3v) is 4.13. The number of hydrogen-bond donors (Lipinski definition) is 1. The first kappa shape index (κ1) is 10.8. The number of benzene rings is 1. The maximum atomic E-state index is 12.1. The zero-order chi connectivity index (χ0) is 12.0. The summed E-state index contributed by atoms with van der Waals surface area (Å²) in [6.07, 6.45) is 1.77. The highest BCUT2D eigenvalue weighted by Gasteiger charge is 2.46. The summed E-state index contributed by atoms with van der Waals surface area (Å²) >= 11 is 0. The Morgan fingerprint density at radius 3 is 2.65 bits per heavy atom. The van der Waals surface area contributed by atoms with Crippen LogP contribution in [-0.2, 0) is 10.3 Å². The minimum absolute atomic E-state index is 0.136. The van der Waals surface area contributed by atoms with Gasteiger partial charge < -0.3 is 10.1 Å². The number of piperidine rings is 1. The number of esters is 1. The van der Waals surface area contributed by atoms with Crippen LogP contribution in [-0.4, -0.2) is 19.1 Å². The molecule has 1 spiro atoms. The van der Waals surface area contributed by atoms with Crippen molar-refractivity contribution in [1.29, 1.82) is 0 Å². The summed E-state index contributed by atoms with van der Waals surface area (Å²) < 4.78 is 5.72. The second kappa shape index (κ2) is 3.57. The van der Waals surface area contributed by atoms with E-state index in [1.54, 1.807) is 0 Å². The van der Waals surface area contributed by atoms with Crippen molar-refractivity contribution < 1.29 is 9.53 Å². The lowest BCUT2D eigenvalue weighted by Gasteiger charge is -2.33. The van der Waals surface area contributed by atoms with Crippen molar-refractivity contribution in [1.82, 2.24) is 5.32 Å². The van der Waals surface area contributed by atoms with Crippen LogP contribution in [0.25, 0.3) is 0 Å². The van der Waals surface area contributed by atoms with Crippen LogP contribution in [0.2, 0.25) is 0 Å². The molecule has 0 unspecified atom stereocenters. The Morgan fingerprint density at radius 2 is 1.94 bits per heavy atom. The standard InChI is InChI=1S/C14H17NO2/c1-9-3-4-11-12(10(9)2)13(16)17-14(11)5-7-15-8-6-14/h3-4,15H,5-8H2,1-2H3. The van der Waals surface area contributed by atoms with E-state index in [1.165, 1.54) is 0 Å². The van der Waals surface area contributed by atoms with Gasteiger partial charge in [0.05, 0.1) is 5.56 Å². The quantitative estimate of drug-likeness (QED) is 0.694. The smallest absolute Gasteiger partial charge is 0.339 e. The molecule has 1 N–H and O–H groups in total. The number of carbonyl (C=O) groups is 1. The summed E-state index contributed by atoms with van der Waals surface area (Å²) in [5.41, 5.74) is 3.80. The van der Waals surface area contributed by atoms with Gasteiger partial charge >= 0.3 is 5.97 Å². The molecular formula is C14H17NO2. The first-order chi connectivity index (χ1) is 8.14. The van der Waals surface area contributed by atoms with Crippen LogP contribution in [0.4, 0.5) is 0 Å². The van der Waals surface area contributed by atoms with E-state index in [-0.39, 0.29) is 11.6 Å². The van der Waals surface area contributed by atoms with E-state index in [0.717, 1.165) is 48.2 Å². The Balaban J connectivity index is 2.17. The zero-order valence-electron chi connectivity index (χ0n) is 10.3. The first-order valence-electron chi connectivity index (χ1n) is 6.19. The molecule has 0 bridgehead atoms. The van der Waals surface area contributed by atoms with Crippen molar-refractivity contribution in [2.24, 2.45) is 0 Å². The summed E-state index contributed by atoms with van der Waals surface area (Å²) in [7, 11) is 0. The van der Waals surface area contributed by atoms with Crippen LogP contribution in [0.1, 0.15) is 39.9 Å². The van der Waals surface area contributed by atoms with Crippen molar-refractivity contribution >= 4 is 5.97 Å². The molecule has 3 rings (SSSR count). The molecule has 0 radical (unpaired) electrons. The summed E-state index contributed by atoms with van der Waals surface area (Å²) in [6.45, 7) is 5.88. The van der Waals surface area contributed by atoms with Gasteiger partial charge in [-0.1, -0.05) is 12.1 Å². The molecule has 0 atom stereocenters. The van der Waals surface area contributed by atoms with Crippen LogP contribution in [0, 0.1) is 13.8 Å². The summed E-state index contributed by atoms with van der Waals surface area (Å²) in [6, 6.07) is 4.17. The first-order valence-corrected chi connectivity index (χ1v) is 6.19. The molecule has 90 valence electrons. The molecule has 3 heteroatoms. The fourth-order valence-electron chi connectivity index (χ4n) is 2.94. The third kappa shape index (κ3) is 1.42. The average molecular weight is 231 g/mol. The highest BCUT2D eigenvalue weighted by molar-refractivity contribution is 5.96. The summed E-state index contributed by atoms with van der Waals surface area (Å²) in [4.78, 5) is 12.1. The molecule has 0 saturated carbocycles. The van der Waals surface area contributed by atoms with Gasteiger partial charge in [-0.25, -0.2) is 4.79 Å². The molecule has 1 aromatic rings. The van der Waals surface area contributed by atoms with Gasteiger partial charge in [-0.2, -0.15) is 0 Å². The van der Waals surface area contributed by atoms with E-state index in [2.05, 4.69) is 17.4 Å². The van der Waals surface area contributed by atoms with Crippen LogP contribution in [0.3, 0.4) is 0 Å². The van der Waals surface area contributed by atoms with Gasteiger partial charge in [0, 0.05) is 18.4 Å². The number of nitrogens with one attached hydrogen (secondary N) is 1. The molecular weight excluding hydrogens is 214 g/mol. The van der Waals surface area contributed by atoms with Crippen molar-refractivity contribution in [2.45, 2.75) is 32.3 Å². The van der Waals surface area contributed by atoms with Crippen LogP contribution < -0.4 is 5.32 Å². The number of aryl methyl sites for hydroxylation is 1. The Hall–Kier alpha value is -1.35. The fraction of sp³-hybridized carbons (Fsp3) is 0.500. The molecule has 1 aromatic carbocycles. The minimum Gasteiger partial charge on any atom is -0.450 e. The number of ether oxygens (including phenoxy) is 1. The third-order valence-electron chi connectivity index (χ3n) is 4.13. The number of fused-ring (bicyclic) bond motifs is 2. The molecule has 0 amide bonds. The Morgan fingerprint density at radius 1 is 1.24 bits per heavy atom. The second-order valence-corrected chi connectivity index (χ2v) is 5.06. The molecule has 1 fully saturated rings. The number of rotatable bonds is 0. The largest absolute Gasteiger partial charge is 0.450 e. The van der Waals surface area contributed by atoms with E-state index in [9.17, 15) is 4.79 Å². The van der Waals surface area contributed by atoms with Crippen molar-refractivity contribution in [3.8, 4) is 0 Å². The van der Waals surface area contributed by atoms with E-state index in [0.29, 0.717) is 0 Å². The van der Waals surface area contributed by atoms with E-state index in [1.807, 2.05) is 13.8 Å². The predicted octanol–water partition coefficient (Wildman–Crippen LogP) is 2.05. The van der Waals surface area contributed by atoms with Crippen LogP contribution in [0.5, 0.6) is 0 Å². The number of carbonyl (C=O) groups excluding carboxylic acids is 1. The van der Waals surface area contributed by atoms with Crippen LogP contribution in [0.15, 0.2) is 12.1 Å². The SMILES string of the molecule is Cc1ccc2c(c1C)C(=O)OC21CCNCC1. The van der Waals surface area contributed by atoms with Gasteiger partial charge in [0.25, 0.3) is 0 Å². The molecule has 17 heavy (non-hydrogen) atoms. The topological polar surface area (TPSA) is 38.3 Å². The van der Waals surface area contributed by atoms with Crippen molar-refractivity contribution in [3.05, 3.63) is 34.4 Å². The Kier molecular flexibility index (Phi) is 2.26. The zero-order valence-corrected chi connectivity index (χ0v) is 10.3. The maximum absolute atomic E-state index is 12.1. The highest BCUT2D eigenvalue weighted by atomic mass is 16.6. The maximum Gasteiger partial charge on any atom is 0.339 e. The van der Waals surface area contributed by atoms with Gasteiger partial charge in [0.2, 0.25) is 0 Å². The summed E-state index contributed by atoms with van der Waals surface area (Å²) in [5, 5.41) is 3.32. The van der Waals surface area contributed by atoms with E-state index >= 15 is 0 Å². The van der Waals surface area contributed by atoms with Gasteiger partial charge in [-0.15, -0.1) is 0 Å². The van der Waals surface area contributed by atoms with Gasteiger partial charge in [-0.05, 0) is 38.1 Å². The second-order valence-electron chi connectivity index (χ2n) is 5.06. The Bertz CT molecular complexity index is 487. The van der Waals surface area contributed by atoms with Crippen LogP contribution >= 0.6 is 0 Å². The molecule has 1 saturated heterocycles. The Labute approximate surface area is 101 Å². The monoisotopic (exact) mass is 231 g/mol. The lowest BCUT2D eigenvalue weighted by atomic mass is 9.82. The minimum atomic E-state index is -0.351. The molecule has 3 nitrogen and oxygen atoms in total. The molecule has 2 aliphatic rings. The van der Waals surface area contributed by atoms with Gasteiger partial charge in [0.1, 0.15) is 5.60 Å². The molecule has 0 aromatic heterocycles. The normalized spacial score (nSPS) is 21.4. The summed E-state index contributed by atoms with van der Waals surface area (Å²) in [5.74, 6) is -0.136. The van der Waals surface area contributed by atoms with Crippen molar-refractivity contribution in [2.75, 3.05) is 13.1 Å². The predicted molar refractivity (Wildman–Crippen MR) is 65.1 cm³/mol. The highest BCUT2D eigenvalue weighted by Crippen LogP contribution is 2.44. The van der Waals surface area contributed by atoms with E-state index in [4.69, 9.17) is 4.74 Å². The van der Waals surface area contributed by atoms with Gasteiger partial charge in [-0.3, -0.25) is 0 Å². The number of hydrogen-bond acceptors (Lipinski definition) is 3. The molecule has 2 aliphatic heterocycles. The van der Waals surface area contributed by atoms with Crippen molar-refractivity contribution in [3.63, 3.8) is 0 Å². The molecule has 0 aliphatic carbocycles. The van der Waals surface area contributed by atoms with Gasteiger partial charge in [0.15, 0.2) is 0 Å². The lowest BCUT2D eigenvalue weighted by Crippen LogP contribution is -2.39. The lowest BCUT2D eigenvalue weighted by molar-refractivity contribution is -0.0241. The average Bonchev–Trinajstić information content (AvgIpc) is 2.58. The molecule has 2 heterocycles. The fourth-order valence-corrected chi connectivity index (χ4v) is 2.94.